The van der Waals surface area contributed by atoms with Crippen molar-refractivity contribution < 1.29 is 9.84 Å². The summed E-state index contributed by atoms with van der Waals surface area (Å²) in [6.07, 6.45) is 0. The number of hydrogen-bond acceptors (Lipinski definition) is 4. The van der Waals surface area contributed by atoms with E-state index in [4.69, 9.17) is 15.6 Å². The van der Waals surface area contributed by atoms with Crippen molar-refractivity contribution >= 4 is 11.4 Å². The van der Waals surface area contributed by atoms with Crippen LogP contribution in [0.2, 0.25) is 0 Å². The smallest absolute Gasteiger partial charge is 0.0726 e. The van der Waals surface area contributed by atoms with Gasteiger partial charge in [-0.1, -0.05) is 12.1 Å². The third-order valence-corrected chi connectivity index (χ3v) is 2.27. The summed E-state index contributed by atoms with van der Waals surface area (Å²) in [5.74, 6) is 0. The Labute approximate surface area is 90.1 Å². The predicted octanol–water partition coefficient (Wildman–Crippen LogP) is 0.996. The molecular weight excluding hydrogens is 192 g/mol. The Hall–Kier alpha value is -1.26. The first-order valence-corrected chi connectivity index (χ1v) is 4.90. The van der Waals surface area contributed by atoms with Crippen molar-refractivity contribution in [2.24, 2.45) is 0 Å². The lowest BCUT2D eigenvalue weighted by atomic mass is 10.1. The summed E-state index contributed by atoms with van der Waals surface area (Å²) in [7, 11) is 1.60. The number of para-hydroxylation sites is 1. The van der Waals surface area contributed by atoms with E-state index in [0.717, 1.165) is 11.3 Å². The molecule has 4 N–H and O–H groups in total. The lowest BCUT2D eigenvalue weighted by molar-refractivity contribution is 0.153. The molecule has 1 atom stereocenters. The van der Waals surface area contributed by atoms with Crippen LogP contribution in [0.3, 0.4) is 0 Å². The second kappa shape index (κ2) is 5.58. The summed E-state index contributed by atoms with van der Waals surface area (Å²) < 4.78 is 4.97. The average molecular weight is 210 g/mol. The number of anilines is 2. The minimum Gasteiger partial charge on any atom is -0.397 e. The second-order valence-electron chi connectivity index (χ2n) is 3.52. The van der Waals surface area contributed by atoms with Crippen LogP contribution in [0, 0.1) is 6.92 Å². The van der Waals surface area contributed by atoms with Crippen LogP contribution in [0.15, 0.2) is 18.2 Å². The Bertz CT molecular complexity index is 315. The van der Waals surface area contributed by atoms with Gasteiger partial charge in [-0.15, -0.1) is 0 Å². The van der Waals surface area contributed by atoms with Gasteiger partial charge in [0.15, 0.2) is 0 Å². The zero-order valence-electron chi connectivity index (χ0n) is 9.16. The predicted molar refractivity (Wildman–Crippen MR) is 62.0 cm³/mol. The van der Waals surface area contributed by atoms with Gasteiger partial charge in [-0.25, -0.2) is 0 Å². The van der Waals surface area contributed by atoms with Crippen molar-refractivity contribution in [1.82, 2.24) is 0 Å². The monoisotopic (exact) mass is 210 g/mol. The van der Waals surface area contributed by atoms with Crippen LogP contribution in [0.5, 0.6) is 0 Å². The van der Waals surface area contributed by atoms with E-state index in [1.54, 1.807) is 7.11 Å². The first-order valence-electron chi connectivity index (χ1n) is 4.90. The van der Waals surface area contributed by atoms with E-state index in [1.807, 2.05) is 25.1 Å². The maximum atomic E-state index is 9.10. The standard InChI is InChI=1S/C11H18N2O2/c1-8-4-3-5-10(11(8)12)13-9(6-14)7-15-2/h3-5,9,13-14H,6-7,12H2,1-2H3. The third-order valence-electron chi connectivity index (χ3n) is 2.27. The highest BCUT2D eigenvalue weighted by Gasteiger charge is 2.08. The zero-order chi connectivity index (χ0) is 11.3. The molecule has 15 heavy (non-hydrogen) atoms. The quantitative estimate of drug-likeness (QED) is 0.634. The van der Waals surface area contributed by atoms with E-state index in [9.17, 15) is 0 Å². The highest BCUT2D eigenvalue weighted by atomic mass is 16.5. The van der Waals surface area contributed by atoms with E-state index in [0.29, 0.717) is 12.3 Å². The molecule has 0 aliphatic heterocycles. The maximum absolute atomic E-state index is 9.10. The molecule has 1 unspecified atom stereocenters. The van der Waals surface area contributed by atoms with Gasteiger partial charge in [-0.3, -0.25) is 0 Å². The van der Waals surface area contributed by atoms with Gasteiger partial charge >= 0.3 is 0 Å². The molecule has 84 valence electrons. The van der Waals surface area contributed by atoms with Crippen molar-refractivity contribution in [3.8, 4) is 0 Å². The zero-order valence-corrected chi connectivity index (χ0v) is 9.16. The summed E-state index contributed by atoms with van der Waals surface area (Å²) in [6, 6.07) is 5.64. The highest BCUT2D eigenvalue weighted by Crippen LogP contribution is 2.22. The van der Waals surface area contributed by atoms with Gasteiger partial charge < -0.3 is 20.9 Å². The van der Waals surface area contributed by atoms with Gasteiger partial charge in [-0.2, -0.15) is 0 Å². The molecule has 0 amide bonds. The van der Waals surface area contributed by atoms with Gasteiger partial charge in [0, 0.05) is 7.11 Å². The van der Waals surface area contributed by atoms with Gasteiger partial charge in [0.05, 0.1) is 30.6 Å². The van der Waals surface area contributed by atoms with E-state index < -0.39 is 0 Å². The summed E-state index contributed by atoms with van der Waals surface area (Å²) >= 11 is 0. The van der Waals surface area contributed by atoms with E-state index in [2.05, 4.69) is 5.32 Å². The molecule has 0 aromatic heterocycles. The lowest BCUT2D eigenvalue weighted by Crippen LogP contribution is -2.29. The molecule has 0 aliphatic rings. The van der Waals surface area contributed by atoms with E-state index >= 15 is 0 Å². The number of rotatable bonds is 5. The number of benzene rings is 1. The highest BCUT2D eigenvalue weighted by molar-refractivity contribution is 5.69. The molecule has 1 aromatic carbocycles. The molecular formula is C11H18N2O2. The fourth-order valence-electron chi connectivity index (χ4n) is 1.37. The number of hydrogen-bond donors (Lipinski definition) is 3. The van der Waals surface area contributed by atoms with Crippen LogP contribution in [0.1, 0.15) is 5.56 Å². The molecule has 0 bridgehead atoms. The van der Waals surface area contributed by atoms with Crippen molar-refractivity contribution in [3.63, 3.8) is 0 Å². The Balaban J connectivity index is 2.74. The molecule has 4 nitrogen and oxygen atoms in total. The Morgan fingerprint density at radius 2 is 2.27 bits per heavy atom. The van der Waals surface area contributed by atoms with Crippen LogP contribution in [0.4, 0.5) is 11.4 Å². The van der Waals surface area contributed by atoms with Gasteiger partial charge in [0.1, 0.15) is 0 Å². The minimum absolute atomic E-state index is 0.0151. The van der Waals surface area contributed by atoms with Gasteiger partial charge in [-0.05, 0) is 18.6 Å². The Kier molecular flexibility index (Phi) is 4.39. The number of methoxy groups -OCH3 is 1. The first-order chi connectivity index (χ1) is 7.19. The van der Waals surface area contributed by atoms with Crippen molar-refractivity contribution in [2.75, 3.05) is 31.4 Å². The maximum Gasteiger partial charge on any atom is 0.0726 e. The van der Waals surface area contributed by atoms with Gasteiger partial charge in [0.2, 0.25) is 0 Å². The number of nitrogens with two attached hydrogens (primary N) is 1. The number of aryl methyl sites for hydroxylation is 1. The molecule has 4 heteroatoms. The molecule has 1 rings (SSSR count). The van der Waals surface area contributed by atoms with Crippen molar-refractivity contribution in [1.29, 1.82) is 0 Å². The van der Waals surface area contributed by atoms with Crippen molar-refractivity contribution in [2.45, 2.75) is 13.0 Å². The number of aliphatic hydroxyl groups is 1. The molecule has 0 fully saturated rings. The number of ether oxygens (including phenoxy) is 1. The average Bonchev–Trinajstić information content (AvgIpc) is 2.24. The molecule has 0 radical (unpaired) electrons. The van der Waals surface area contributed by atoms with Crippen LogP contribution in [0.25, 0.3) is 0 Å². The molecule has 0 heterocycles. The largest absolute Gasteiger partial charge is 0.397 e. The van der Waals surface area contributed by atoms with Gasteiger partial charge in [0.25, 0.3) is 0 Å². The first kappa shape index (κ1) is 11.8. The summed E-state index contributed by atoms with van der Waals surface area (Å²) in [5.41, 5.74) is 8.47. The normalized spacial score (nSPS) is 12.5. The third kappa shape index (κ3) is 3.11. The molecule has 0 aliphatic carbocycles. The molecule has 0 saturated heterocycles. The fourth-order valence-corrected chi connectivity index (χ4v) is 1.37. The van der Waals surface area contributed by atoms with E-state index in [1.165, 1.54) is 0 Å². The molecule has 0 saturated carbocycles. The van der Waals surface area contributed by atoms with E-state index in [-0.39, 0.29) is 12.6 Å². The van der Waals surface area contributed by atoms with Crippen molar-refractivity contribution in [3.05, 3.63) is 23.8 Å². The van der Waals surface area contributed by atoms with Crippen LogP contribution in [-0.4, -0.2) is 31.5 Å². The number of nitrogens with one attached hydrogen (secondary N) is 1. The number of nitrogen functional groups attached to an aromatic ring is 1. The molecule has 1 aromatic rings. The summed E-state index contributed by atoms with van der Waals surface area (Å²) in [5, 5.41) is 12.2. The second-order valence-corrected chi connectivity index (χ2v) is 3.52. The van der Waals surface area contributed by atoms with Crippen LogP contribution in [-0.2, 0) is 4.74 Å². The summed E-state index contributed by atoms with van der Waals surface area (Å²) in [4.78, 5) is 0. The Morgan fingerprint density at radius 1 is 1.53 bits per heavy atom. The number of aliphatic hydroxyl groups excluding tert-OH is 1. The Morgan fingerprint density at radius 3 is 2.87 bits per heavy atom. The SMILES string of the molecule is COCC(CO)Nc1cccc(C)c1N. The lowest BCUT2D eigenvalue weighted by Gasteiger charge is -2.18. The van der Waals surface area contributed by atoms with Crippen LogP contribution < -0.4 is 11.1 Å². The minimum atomic E-state index is -0.126. The fraction of sp³-hybridized carbons (Fsp3) is 0.455. The summed E-state index contributed by atoms with van der Waals surface area (Å²) in [6.45, 7) is 2.41. The topological polar surface area (TPSA) is 67.5 Å². The molecule has 0 spiro atoms. The van der Waals surface area contributed by atoms with Crippen LogP contribution >= 0.6 is 0 Å².